The molecule has 2 N–H and O–H groups in total. The van der Waals surface area contributed by atoms with Crippen LogP contribution in [0.4, 0.5) is 21.7 Å². The third-order valence-corrected chi connectivity index (χ3v) is 8.44. The maximum absolute atomic E-state index is 15.1. The van der Waals surface area contributed by atoms with Gasteiger partial charge in [0.05, 0.1) is 12.3 Å². The Hall–Kier alpha value is -5.07. The van der Waals surface area contributed by atoms with Gasteiger partial charge in [-0.1, -0.05) is 25.1 Å². The number of hydrogen-bond donors (Lipinski definition) is 2. The lowest BCUT2D eigenvalue weighted by Crippen LogP contribution is -2.44. The number of piperazine rings is 1. The minimum atomic E-state index is -0.501. The fourth-order valence-electron chi connectivity index (χ4n) is 5.61. The second kappa shape index (κ2) is 14.8. The van der Waals surface area contributed by atoms with E-state index in [-0.39, 0.29) is 23.1 Å². The number of carbonyl (C=O) groups is 1. The first-order valence-electron chi connectivity index (χ1n) is 16.3. The lowest BCUT2D eigenvalue weighted by atomic mass is 10.1. The van der Waals surface area contributed by atoms with Gasteiger partial charge in [-0.25, -0.2) is 14.4 Å². The number of ether oxygens (including phenoxy) is 2. The smallest absolute Gasteiger partial charge is 0.262 e. The number of fused-ring (bicyclic) bond motifs is 1. The van der Waals surface area contributed by atoms with Gasteiger partial charge in [-0.3, -0.25) is 4.79 Å². The summed E-state index contributed by atoms with van der Waals surface area (Å²) in [6.07, 6.45) is 6.77. The van der Waals surface area contributed by atoms with E-state index in [9.17, 15) is 4.79 Å². The van der Waals surface area contributed by atoms with E-state index in [1.165, 1.54) is 12.3 Å². The lowest BCUT2D eigenvalue weighted by molar-refractivity contribution is 0.102. The van der Waals surface area contributed by atoms with Crippen molar-refractivity contribution in [3.05, 3.63) is 95.3 Å². The summed E-state index contributed by atoms with van der Waals surface area (Å²) in [6, 6.07) is 14.0. The first kappa shape index (κ1) is 32.9. The van der Waals surface area contributed by atoms with Crippen LogP contribution < -0.4 is 20.1 Å². The zero-order valence-electron chi connectivity index (χ0n) is 27.8. The first-order chi connectivity index (χ1) is 23.3. The summed E-state index contributed by atoms with van der Waals surface area (Å²) < 4.78 is 29.0. The Kier molecular flexibility index (Phi) is 10.1. The molecular formula is C36H41FN8O3. The second-order valence-electron chi connectivity index (χ2n) is 12.0. The van der Waals surface area contributed by atoms with E-state index in [1.807, 2.05) is 61.8 Å². The number of carbonyl (C=O) groups excluding carboxylic acids is 1. The molecule has 0 saturated carbocycles. The minimum Gasteiger partial charge on any atom is -0.490 e. The third kappa shape index (κ3) is 7.72. The van der Waals surface area contributed by atoms with Crippen LogP contribution in [0.5, 0.6) is 17.4 Å². The van der Waals surface area contributed by atoms with Crippen molar-refractivity contribution < 1.29 is 18.7 Å². The highest BCUT2D eigenvalue weighted by molar-refractivity contribution is 6.06. The number of benzene rings is 2. The highest BCUT2D eigenvalue weighted by Crippen LogP contribution is 2.30. The molecule has 0 unspecified atom stereocenters. The SMILES string of the molecule is CCc1cn2cccc(Oc3nc(Nc4ccc(OCCCN5CCN(C)CC5)c(F)c4)ncc3C(=O)Nc3c(C)cccc3C)c2n1. The summed E-state index contributed by atoms with van der Waals surface area (Å²) in [4.78, 5) is 32.0. The highest BCUT2D eigenvalue weighted by atomic mass is 19.1. The number of aromatic nitrogens is 4. The topological polar surface area (TPSA) is 109 Å². The number of halogens is 1. The normalized spacial score (nSPS) is 13.9. The molecule has 1 aliphatic heterocycles. The van der Waals surface area contributed by atoms with Crippen LogP contribution in [-0.4, -0.2) is 81.4 Å². The van der Waals surface area contributed by atoms with Gasteiger partial charge in [0.25, 0.3) is 5.91 Å². The van der Waals surface area contributed by atoms with Crippen molar-refractivity contribution in [3.63, 3.8) is 0 Å². The van der Waals surface area contributed by atoms with Gasteiger partial charge in [0.1, 0.15) is 5.56 Å². The Morgan fingerprint density at radius 1 is 1.00 bits per heavy atom. The molecule has 1 amide bonds. The van der Waals surface area contributed by atoms with E-state index in [0.717, 1.165) is 62.4 Å². The number of likely N-dealkylation sites (N-methyl/N-ethyl adjacent to an activating group) is 1. The molecule has 250 valence electrons. The number of rotatable bonds is 12. The predicted octanol–water partition coefficient (Wildman–Crippen LogP) is 6.25. The molecule has 5 aromatic rings. The van der Waals surface area contributed by atoms with Gasteiger partial charge in [-0.2, -0.15) is 4.98 Å². The molecule has 11 nitrogen and oxygen atoms in total. The maximum Gasteiger partial charge on any atom is 0.262 e. The Morgan fingerprint density at radius 3 is 2.54 bits per heavy atom. The molecule has 0 radical (unpaired) electrons. The van der Waals surface area contributed by atoms with Gasteiger partial charge in [0, 0.05) is 68.8 Å². The summed E-state index contributed by atoms with van der Waals surface area (Å²) in [5.74, 6) is -0.189. The minimum absolute atomic E-state index is 0.0196. The van der Waals surface area contributed by atoms with Crippen molar-refractivity contribution in [1.82, 2.24) is 29.2 Å². The monoisotopic (exact) mass is 652 g/mol. The molecule has 3 aromatic heterocycles. The number of hydrogen-bond acceptors (Lipinski definition) is 9. The molecule has 2 aromatic carbocycles. The molecule has 1 fully saturated rings. The largest absolute Gasteiger partial charge is 0.490 e. The number of pyridine rings is 1. The van der Waals surface area contributed by atoms with Crippen LogP contribution in [0.3, 0.4) is 0 Å². The van der Waals surface area contributed by atoms with Crippen LogP contribution in [0.25, 0.3) is 5.65 Å². The van der Waals surface area contributed by atoms with Gasteiger partial charge in [0.15, 0.2) is 23.0 Å². The zero-order chi connectivity index (χ0) is 33.6. The van der Waals surface area contributed by atoms with E-state index in [2.05, 4.69) is 42.4 Å². The molecule has 1 aliphatic rings. The summed E-state index contributed by atoms with van der Waals surface area (Å²) in [6.45, 7) is 11.4. The predicted molar refractivity (Wildman–Crippen MR) is 184 cm³/mol. The molecule has 1 saturated heterocycles. The number of nitrogens with one attached hydrogen (secondary N) is 2. The molecule has 12 heteroatoms. The summed E-state index contributed by atoms with van der Waals surface area (Å²) in [7, 11) is 2.13. The van der Waals surface area contributed by atoms with Crippen molar-refractivity contribution in [2.45, 2.75) is 33.6 Å². The summed E-state index contributed by atoms with van der Waals surface area (Å²) in [5.41, 5.74) is 4.57. The first-order valence-corrected chi connectivity index (χ1v) is 16.3. The summed E-state index contributed by atoms with van der Waals surface area (Å²) >= 11 is 0. The molecule has 0 aliphatic carbocycles. The highest BCUT2D eigenvalue weighted by Gasteiger charge is 2.21. The van der Waals surface area contributed by atoms with Crippen LogP contribution in [-0.2, 0) is 6.42 Å². The van der Waals surface area contributed by atoms with E-state index in [1.54, 1.807) is 18.2 Å². The fourth-order valence-corrected chi connectivity index (χ4v) is 5.61. The van der Waals surface area contributed by atoms with Gasteiger partial charge < -0.3 is 34.3 Å². The van der Waals surface area contributed by atoms with Crippen LogP contribution in [0.2, 0.25) is 0 Å². The van der Waals surface area contributed by atoms with E-state index < -0.39 is 11.7 Å². The van der Waals surface area contributed by atoms with E-state index in [0.29, 0.717) is 29.4 Å². The molecule has 6 rings (SSSR count). The number of anilines is 3. The molecule has 0 bridgehead atoms. The number of aryl methyl sites for hydroxylation is 3. The zero-order valence-corrected chi connectivity index (χ0v) is 27.8. The lowest BCUT2D eigenvalue weighted by Gasteiger charge is -2.32. The molecule has 4 heterocycles. The second-order valence-corrected chi connectivity index (χ2v) is 12.0. The Bertz CT molecular complexity index is 1880. The molecular weight excluding hydrogens is 611 g/mol. The van der Waals surface area contributed by atoms with E-state index >= 15 is 4.39 Å². The number of amides is 1. The van der Waals surface area contributed by atoms with Crippen molar-refractivity contribution >= 4 is 28.9 Å². The standard InChI is InChI=1S/C36H41FN8O3/c1-5-26-23-45-15-7-11-31(33(45)39-26)48-35-28(34(46)41-32-24(2)9-6-10-25(32)3)22-38-36(42-35)40-27-12-13-30(29(37)21-27)47-20-8-14-44-18-16-43(4)17-19-44/h6-7,9-13,15,21-23H,5,8,14,16-20H2,1-4H3,(H,41,46)(H,38,40,42). The van der Waals surface area contributed by atoms with Gasteiger partial charge >= 0.3 is 0 Å². The maximum atomic E-state index is 15.1. The molecule has 48 heavy (non-hydrogen) atoms. The van der Waals surface area contributed by atoms with Crippen molar-refractivity contribution in [2.75, 3.05) is 57.0 Å². The Morgan fingerprint density at radius 2 is 1.79 bits per heavy atom. The summed E-state index contributed by atoms with van der Waals surface area (Å²) in [5, 5.41) is 6.02. The molecule has 0 atom stereocenters. The van der Waals surface area contributed by atoms with Crippen molar-refractivity contribution in [1.29, 1.82) is 0 Å². The number of imidazole rings is 1. The Labute approximate surface area is 279 Å². The van der Waals surface area contributed by atoms with Crippen LogP contribution in [0, 0.1) is 19.7 Å². The van der Waals surface area contributed by atoms with Crippen LogP contribution in [0.1, 0.15) is 40.5 Å². The van der Waals surface area contributed by atoms with Crippen LogP contribution >= 0.6 is 0 Å². The van der Waals surface area contributed by atoms with Crippen molar-refractivity contribution in [3.8, 4) is 17.4 Å². The number of para-hydroxylation sites is 1. The van der Waals surface area contributed by atoms with Gasteiger partial charge in [-0.15, -0.1) is 0 Å². The third-order valence-electron chi connectivity index (χ3n) is 8.44. The van der Waals surface area contributed by atoms with Crippen LogP contribution in [0.15, 0.2) is 67.1 Å². The van der Waals surface area contributed by atoms with E-state index in [4.69, 9.17) is 9.47 Å². The average molecular weight is 653 g/mol. The van der Waals surface area contributed by atoms with Gasteiger partial charge in [0.2, 0.25) is 11.8 Å². The fraction of sp³-hybridized carbons (Fsp3) is 0.333. The quantitative estimate of drug-likeness (QED) is 0.151. The number of nitrogens with zero attached hydrogens (tertiary/aromatic N) is 6. The van der Waals surface area contributed by atoms with Gasteiger partial charge in [-0.05, 0) is 69.1 Å². The molecule has 0 spiro atoms. The Balaban J connectivity index is 1.20. The van der Waals surface area contributed by atoms with Crippen molar-refractivity contribution in [2.24, 2.45) is 0 Å². The average Bonchev–Trinajstić information content (AvgIpc) is 3.51.